The van der Waals surface area contributed by atoms with Gasteiger partial charge in [0, 0.05) is 45.5 Å². The highest BCUT2D eigenvalue weighted by atomic mass is 16.2. The monoisotopic (exact) mass is 377 g/mol. The number of piperazine rings is 1. The number of amides is 3. The first-order valence-electron chi connectivity index (χ1n) is 8.80. The predicted octanol–water partition coefficient (Wildman–Crippen LogP) is 1.51. The first-order valence-corrected chi connectivity index (χ1v) is 8.80. The molecule has 1 aromatic heterocycles. The summed E-state index contributed by atoms with van der Waals surface area (Å²) in [6, 6.07) is 10.2. The van der Waals surface area contributed by atoms with Gasteiger partial charge in [0.1, 0.15) is 6.07 Å². The van der Waals surface area contributed by atoms with Crippen LogP contribution < -0.4 is 5.32 Å². The number of pyridine rings is 1. The number of hydrogen-bond acceptors (Lipinski definition) is 5. The van der Waals surface area contributed by atoms with Gasteiger partial charge in [-0.25, -0.2) is 0 Å². The van der Waals surface area contributed by atoms with Crippen LogP contribution in [0.4, 0.5) is 5.69 Å². The molecule has 2 aromatic rings. The van der Waals surface area contributed by atoms with Gasteiger partial charge in [0.15, 0.2) is 0 Å². The van der Waals surface area contributed by atoms with Gasteiger partial charge in [-0.15, -0.1) is 0 Å². The Morgan fingerprint density at radius 2 is 1.68 bits per heavy atom. The molecule has 28 heavy (non-hydrogen) atoms. The van der Waals surface area contributed by atoms with E-state index in [0.717, 1.165) is 0 Å². The van der Waals surface area contributed by atoms with E-state index in [4.69, 9.17) is 5.26 Å². The molecule has 1 aliphatic rings. The van der Waals surface area contributed by atoms with Gasteiger partial charge in [0.25, 0.3) is 11.8 Å². The highest BCUT2D eigenvalue weighted by Crippen LogP contribution is 2.16. The van der Waals surface area contributed by atoms with Gasteiger partial charge in [0.2, 0.25) is 5.91 Å². The lowest BCUT2D eigenvalue weighted by molar-refractivity contribution is -0.130. The van der Waals surface area contributed by atoms with Crippen LogP contribution in [0.15, 0.2) is 42.7 Å². The second kappa shape index (κ2) is 8.31. The third kappa shape index (κ3) is 4.15. The Labute approximate surface area is 162 Å². The third-order valence-corrected chi connectivity index (χ3v) is 4.56. The van der Waals surface area contributed by atoms with E-state index in [1.54, 1.807) is 34.1 Å². The maximum Gasteiger partial charge on any atom is 0.257 e. The minimum absolute atomic E-state index is 0.00918. The summed E-state index contributed by atoms with van der Waals surface area (Å²) in [6.07, 6.45) is 2.79. The first-order chi connectivity index (χ1) is 13.5. The zero-order valence-corrected chi connectivity index (χ0v) is 15.4. The minimum Gasteiger partial charge on any atom is -0.339 e. The molecule has 8 heteroatoms. The van der Waals surface area contributed by atoms with Gasteiger partial charge in [-0.1, -0.05) is 12.1 Å². The number of benzene rings is 1. The van der Waals surface area contributed by atoms with Gasteiger partial charge in [-0.2, -0.15) is 5.26 Å². The average molecular weight is 377 g/mol. The molecule has 0 unspecified atom stereocenters. The molecular weight excluding hydrogens is 358 g/mol. The van der Waals surface area contributed by atoms with Crippen molar-refractivity contribution in [2.45, 2.75) is 6.92 Å². The SMILES string of the molecule is CC(=O)N1CCN(C(=O)c2cncc(C(=O)Nc3ccccc3C#N)c2)CC1. The highest BCUT2D eigenvalue weighted by molar-refractivity contribution is 6.06. The molecule has 1 fully saturated rings. The largest absolute Gasteiger partial charge is 0.339 e. The van der Waals surface area contributed by atoms with E-state index >= 15 is 0 Å². The Kier molecular flexibility index (Phi) is 5.65. The third-order valence-electron chi connectivity index (χ3n) is 4.56. The van der Waals surface area contributed by atoms with Crippen LogP contribution in [0.5, 0.6) is 0 Å². The van der Waals surface area contributed by atoms with Crippen molar-refractivity contribution in [1.29, 1.82) is 5.26 Å². The fourth-order valence-corrected chi connectivity index (χ4v) is 2.97. The number of nitriles is 1. The van der Waals surface area contributed by atoms with Crippen molar-refractivity contribution in [3.05, 3.63) is 59.4 Å². The van der Waals surface area contributed by atoms with E-state index in [1.807, 2.05) is 6.07 Å². The lowest BCUT2D eigenvalue weighted by atomic mass is 10.1. The van der Waals surface area contributed by atoms with E-state index in [9.17, 15) is 14.4 Å². The van der Waals surface area contributed by atoms with E-state index < -0.39 is 5.91 Å². The molecule has 0 saturated carbocycles. The zero-order chi connectivity index (χ0) is 20.1. The van der Waals surface area contributed by atoms with Crippen molar-refractivity contribution >= 4 is 23.4 Å². The standard InChI is InChI=1S/C20H19N5O3/c1-14(26)24-6-8-25(9-7-24)20(28)17-10-16(12-22-13-17)19(27)23-18-5-3-2-4-15(18)11-21/h2-5,10,12-13H,6-9H2,1H3,(H,23,27). The smallest absolute Gasteiger partial charge is 0.257 e. The summed E-state index contributed by atoms with van der Waals surface area (Å²) in [7, 11) is 0. The molecule has 1 aliphatic heterocycles. The Hall–Kier alpha value is -3.73. The second-order valence-electron chi connectivity index (χ2n) is 6.37. The quantitative estimate of drug-likeness (QED) is 0.873. The maximum absolute atomic E-state index is 12.7. The molecule has 142 valence electrons. The van der Waals surface area contributed by atoms with Gasteiger partial charge < -0.3 is 15.1 Å². The number of carbonyl (C=O) groups is 3. The van der Waals surface area contributed by atoms with Crippen LogP contribution >= 0.6 is 0 Å². The van der Waals surface area contributed by atoms with Crippen LogP contribution in [0.2, 0.25) is 0 Å². The number of rotatable bonds is 3. The van der Waals surface area contributed by atoms with Gasteiger partial charge in [-0.05, 0) is 18.2 Å². The molecule has 0 spiro atoms. The summed E-state index contributed by atoms with van der Waals surface area (Å²) in [6.45, 7) is 3.35. The Bertz CT molecular complexity index is 958. The molecule has 2 heterocycles. The number of aromatic nitrogens is 1. The van der Waals surface area contributed by atoms with Crippen molar-refractivity contribution in [2.24, 2.45) is 0 Å². The summed E-state index contributed by atoms with van der Waals surface area (Å²) in [5, 5.41) is 11.8. The molecule has 0 bridgehead atoms. The van der Waals surface area contributed by atoms with Crippen molar-refractivity contribution in [1.82, 2.24) is 14.8 Å². The summed E-state index contributed by atoms with van der Waals surface area (Å²) in [5.74, 6) is -0.695. The topological polar surface area (TPSA) is 106 Å². The second-order valence-corrected chi connectivity index (χ2v) is 6.37. The predicted molar refractivity (Wildman–Crippen MR) is 102 cm³/mol. The van der Waals surface area contributed by atoms with Gasteiger partial charge in [0.05, 0.1) is 22.4 Å². The number of anilines is 1. The summed E-state index contributed by atoms with van der Waals surface area (Å²) >= 11 is 0. The number of nitrogens with zero attached hydrogens (tertiary/aromatic N) is 4. The number of hydrogen-bond donors (Lipinski definition) is 1. The number of para-hydroxylation sites is 1. The first kappa shape index (κ1) is 19.0. The maximum atomic E-state index is 12.7. The molecule has 1 aromatic carbocycles. The van der Waals surface area contributed by atoms with Crippen LogP contribution in [0, 0.1) is 11.3 Å². The molecule has 8 nitrogen and oxygen atoms in total. The number of carbonyl (C=O) groups excluding carboxylic acids is 3. The zero-order valence-electron chi connectivity index (χ0n) is 15.4. The Morgan fingerprint density at radius 1 is 1.04 bits per heavy atom. The number of nitrogens with one attached hydrogen (secondary N) is 1. The summed E-state index contributed by atoms with van der Waals surface area (Å²) in [4.78, 5) is 44.0. The Balaban J connectivity index is 1.72. The van der Waals surface area contributed by atoms with E-state index in [1.165, 1.54) is 25.4 Å². The van der Waals surface area contributed by atoms with Crippen molar-refractivity contribution in [2.75, 3.05) is 31.5 Å². The average Bonchev–Trinajstić information content (AvgIpc) is 2.73. The summed E-state index contributed by atoms with van der Waals surface area (Å²) < 4.78 is 0. The van der Waals surface area contributed by atoms with Crippen LogP contribution in [0.1, 0.15) is 33.2 Å². The minimum atomic E-state index is -0.453. The lowest BCUT2D eigenvalue weighted by Gasteiger charge is -2.34. The van der Waals surface area contributed by atoms with Gasteiger partial charge >= 0.3 is 0 Å². The molecule has 1 N–H and O–H groups in total. The van der Waals surface area contributed by atoms with Crippen molar-refractivity contribution in [3.8, 4) is 6.07 Å². The van der Waals surface area contributed by atoms with Crippen LogP contribution in [0.3, 0.4) is 0 Å². The molecule has 1 saturated heterocycles. The molecular formula is C20H19N5O3. The normalized spacial score (nSPS) is 13.6. The molecule has 0 radical (unpaired) electrons. The molecule has 3 rings (SSSR count). The molecule has 0 aliphatic carbocycles. The van der Waals surface area contributed by atoms with E-state index in [0.29, 0.717) is 43.0 Å². The molecule has 3 amide bonds. The van der Waals surface area contributed by atoms with Crippen molar-refractivity contribution in [3.63, 3.8) is 0 Å². The summed E-state index contributed by atoms with van der Waals surface area (Å²) in [5.41, 5.74) is 1.27. The van der Waals surface area contributed by atoms with Crippen LogP contribution in [-0.4, -0.2) is 58.7 Å². The molecule has 0 atom stereocenters. The van der Waals surface area contributed by atoms with Crippen molar-refractivity contribution < 1.29 is 14.4 Å². The lowest BCUT2D eigenvalue weighted by Crippen LogP contribution is -2.50. The fraction of sp³-hybridized carbons (Fsp3) is 0.250. The Morgan fingerprint density at radius 3 is 2.36 bits per heavy atom. The van der Waals surface area contributed by atoms with Crippen LogP contribution in [0.25, 0.3) is 0 Å². The van der Waals surface area contributed by atoms with E-state index in [-0.39, 0.29) is 17.4 Å². The van der Waals surface area contributed by atoms with Crippen LogP contribution in [-0.2, 0) is 4.79 Å². The van der Waals surface area contributed by atoms with Gasteiger partial charge in [-0.3, -0.25) is 19.4 Å². The van der Waals surface area contributed by atoms with E-state index in [2.05, 4.69) is 10.3 Å². The fourth-order valence-electron chi connectivity index (χ4n) is 2.97. The highest BCUT2D eigenvalue weighted by Gasteiger charge is 2.24.